The quantitative estimate of drug-likeness (QED) is 0.400. The fourth-order valence-corrected chi connectivity index (χ4v) is 3.33. The molecule has 0 saturated carbocycles. The summed E-state index contributed by atoms with van der Waals surface area (Å²) in [7, 11) is 1.70. The Morgan fingerprint density at radius 3 is 2.22 bits per heavy atom. The zero-order valence-corrected chi connectivity index (χ0v) is 16.2. The van der Waals surface area contributed by atoms with Gasteiger partial charge in [0.05, 0.1) is 7.11 Å². The van der Waals surface area contributed by atoms with Crippen molar-refractivity contribution in [3.8, 4) is 5.75 Å². The van der Waals surface area contributed by atoms with Gasteiger partial charge in [-0.25, -0.2) is 0 Å². The molecule has 0 aromatic heterocycles. The summed E-state index contributed by atoms with van der Waals surface area (Å²) in [5.74, 6) is 0.914. The van der Waals surface area contributed by atoms with Crippen molar-refractivity contribution in [2.75, 3.05) is 7.11 Å². The number of rotatable bonds is 9. The summed E-state index contributed by atoms with van der Waals surface area (Å²) in [6.07, 6.45) is 7.15. The molecule has 0 aliphatic carbocycles. The fraction of sp³-hybridized carbons (Fsp3) is 0.400. The second kappa shape index (κ2) is 10.0. The third-order valence-electron chi connectivity index (χ3n) is 4.05. The van der Waals surface area contributed by atoms with Crippen molar-refractivity contribution in [1.82, 2.24) is 0 Å². The van der Waals surface area contributed by atoms with Crippen molar-refractivity contribution in [3.05, 3.63) is 64.1 Å². The van der Waals surface area contributed by atoms with Crippen molar-refractivity contribution >= 4 is 28.6 Å². The Labute approximate surface area is 154 Å². The Kier molecular flexibility index (Phi) is 8.04. The lowest BCUT2D eigenvalue weighted by Gasteiger charge is -2.11. The number of hydrogen-bond donors (Lipinski definition) is 1. The molecule has 0 radical (unpaired) electrons. The van der Waals surface area contributed by atoms with E-state index in [1.165, 1.54) is 43.2 Å². The highest BCUT2D eigenvalue weighted by Crippen LogP contribution is 2.18. The minimum absolute atomic E-state index is 0.441. The third kappa shape index (κ3) is 7.01. The minimum atomic E-state index is 0.441. The molecule has 0 amide bonds. The van der Waals surface area contributed by atoms with Crippen LogP contribution < -0.4 is 4.74 Å². The first-order valence-corrected chi connectivity index (χ1v) is 9.54. The number of unbranched alkanes of at least 4 members (excludes halogenated alkanes) is 2. The van der Waals surface area contributed by atoms with Crippen LogP contribution in [0.5, 0.6) is 5.75 Å². The molecule has 0 heterocycles. The summed E-state index contributed by atoms with van der Waals surface area (Å²) in [4.78, 5) is 0. The Hall–Kier alpha value is -0.930. The molecule has 0 fully saturated rings. The summed E-state index contributed by atoms with van der Waals surface area (Å²) >= 11 is 8.21. The highest BCUT2D eigenvalue weighted by molar-refractivity contribution is 9.10. The number of ether oxygens (including phenoxy) is 1. The molecule has 0 aliphatic rings. The first kappa shape index (κ1) is 18.4. The van der Waals surface area contributed by atoms with Gasteiger partial charge in [0.15, 0.2) is 0 Å². The van der Waals surface area contributed by atoms with Gasteiger partial charge in [-0.2, -0.15) is 12.6 Å². The molecule has 0 aliphatic heterocycles. The van der Waals surface area contributed by atoms with Gasteiger partial charge in [-0.1, -0.05) is 53.0 Å². The molecule has 23 heavy (non-hydrogen) atoms. The number of halogens is 1. The molecule has 2 aromatic carbocycles. The number of thiol groups is 1. The average Bonchev–Trinajstić information content (AvgIpc) is 2.57. The van der Waals surface area contributed by atoms with Gasteiger partial charge in [0.1, 0.15) is 5.75 Å². The number of methoxy groups -OCH3 is 1. The predicted octanol–water partition coefficient (Wildman–Crippen LogP) is 6.10. The Morgan fingerprint density at radius 1 is 0.913 bits per heavy atom. The second-order valence-electron chi connectivity index (χ2n) is 5.93. The molecule has 0 N–H and O–H groups in total. The fourth-order valence-electron chi connectivity index (χ4n) is 2.67. The highest BCUT2D eigenvalue weighted by atomic mass is 79.9. The second-order valence-corrected chi connectivity index (χ2v) is 7.58. The largest absolute Gasteiger partial charge is 0.497 e. The summed E-state index contributed by atoms with van der Waals surface area (Å²) in [5.41, 5.74) is 2.76. The minimum Gasteiger partial charge on any atom is -0.497 e. The standard InChI is InChI=1S/C20H25BrOS/c1-22-19-13-9-17(10-14-19)15-20(23)6-4-2-3-5-16-7-11-18(21)12-8-16/h7-14,20,23H,2-6,15H2,1H3. The summed E-state index contributed by atoms with van der Waals surface area (Å²) in [6.45, 7) is 0. The molecule has 1 nitrogen and oxygen atoms in total. The van der Waals surface area contributed by atoms with Crippen molar-refractivity contribution < 1.29 is 4.74 Å². The van der Waals surface area contributed by atoms with Crippen LogP contribution in [0.1, 0.15) is 36.8 Å². The van der Waals surface area contributed by atoms with E-state index < -0.39 is 0 Å². The zero-order chi connectivity index (χ0) is 16.5. The van der Waals surface area contributed by atoms with E-state index in [2.05, 4.69) is 52.3 Å². The van der Waals surface area contributed by atoms with Crippen LogP contribution in [0.4, 0.5) is 0 Å². The van der Waals surface area contributed by atoms with Gasteiger partial charge in [-0.05, 0) is 61.1 Å². The van der Waals surface area contributed by atoms with Gasteiger partial charge < -0.3 is 4.74 Å². The zero-order valence-electron chi connectivity index (χ0n) is 13.7. The molecule has 1 atom stereocenters. The number of benzene rings is 2. The summed E-state index contributed by atoms with van der Waals surface area (Å²) in [6, 6.07) is 17.0. The van der Waals surface area contributed by atoms with Crippen molar-refractivity contribution in [3.63, 3.8) is 0 Å². The van der Waals surface area contributed by atoms with E-state index >= 15 is 0 Å². The van der Waals surface area contributed by atoms with E-state index in [1.54, 1.807) is 7.11 Å². The van der Waals surface area contributed by atoms with Crippen molar-refractivity contribution in [2.45, 2.75) is 43.8 Å². The van der Waals surface area contributed by atoms with Gasteiger partial charge in [0, 0.05) is 9.72 Å². The van der Waals surface area contributed by atoms with E-state index in [0.717, 1.165) is 16.6 Å². The molecule has 0 spiro atoms. The van der Waals surface area contributed by atoms with Crippen LogP contribution in [0.3, 0.4) is 0 Å². The number of aryl methyl sites for hydroxylation is 1. The molecular formula is C20H25BrOS. The van der Waals surface area contributed by atoms with E-state index in [1.807, 2.05) is 12.1 Å². The number of hydrogen-bond acceptors (Lipinski definition) is 2. The molecule has 3 heteroatoms. The predicted molar refractivity (Wildman–Crippen MR) is 106 cm³/mol. The van der Waals surface area contributed by atoms with Crippen LogP contribution in [0.2, 0.25) is 0 Å². The van der Waals surface area contributed by atoms with Gasteiger partial charge in [0.2, 0.25) is 0 Å². The Morgan fingerprint density at radius 2 is 1.57 bits per heavy atom. The molecule has 0 saturated heterocycles. The maximum Gasteiger partial charge on any atom is 0.118 e. The van der Waals surface area contributed by atoms with E-state index in [9.17, 15) is 0 Å². The maximum atomic E-state index is 5.19. The first-order valence-electron chi connectivity index (χ1n) is 8.23. The molecule has 0 bridgehead atoms. The molecule has 2 aromatic rings. The normalized spacial score (nSPS) is 12.1. The summed E-state index contributed by atoms with van der Waals surface area (Å²) in [5, 5.41) is 0.441. The first-order chi connectivity index (χ1) is 11.2. The van der Waals surface area contributed by atoms with E-state index in [-0.39, 0.29) is 0 Å². The lowest BCUT2D eigenvalue weighted by atomic mass is 10.0. The molecule has 1 unspecified atom stereocenters. The van der Waals surface area contributed by atoms with Crippen LogP contribution in [-0.4, -0.2) is 12.4 Å². The Balaban J connectivity index is 1.60. The maximum absolute atomic E-state index is 5.19. The Bertz CT molecular complexity index is 565. The topological polar surface area (TPSA) is 9.23 Å². The van der Waals surface area contributed by atoms with Gasteiger partial charge in [-0.15, -0.1) is 0 Å². The van der Waals surface area contributed by atoms with E-state index in [4.69, 9.17) is 17.4 Å². The van der Waals surface area contributed by atoms with Crippen LogP contribution in [0, 0.1) is 0 Å². The average molecular weight is 393 g/mol. The van der Waals surface area contributed by atoms with Gasteiger partial charge in [0.25, 0.3) is 0 Å². The highest BCUT2D eigenvalue weighted by Gasteiger charge is 2.05. The van der Waals surface area contributed by atoms with Crippen LogP contribution in [-0.2, 0) is 12.8 Å². The van der Waals surface area contributed by atoms with Gasteiger partial charge >= 0.3 is 0 Å². The molecule has 124 valence electrons. The lowest BCUT2D eigenvalue weighted by Crippen LogP contribution is -2.03. The van der Waals surface area contributed by atoms with E-state index in [0.29, 0.717) is 5.25 Å². The molecule has 2 rings (SSSR count). The SMILES string of the molecule is COc1ccc(CC(S)CCCCCc2ccc(Br)cc2)cc1. The van der Waals surface area contributed by atoms with Crippen LogP contribution in [0.15, 0.2) is 53.0 Å². The van der Waals surface area contributed by atoms with Crippen LogP contribution in [0.25, 0.3) is 0 Å². The monoisotopic (exact) mass is 392 g/mol. The van der Waals surface area contributed by atoms with Crippen molar-refractivity contribution in [2.24, 2.45) is 0 Å². The summed E-state index contributed by atoms with van der Waals surface area (Å²) < 4.78 is 6.34. The smallest absolute Gasteiger partial charge is 0.118 e. The molecular weight excluding hydrogens is 368 g/mol. The third-order valence-corrected chi connectivity index (χ3v) is 5.02. The van der Waals surface area contributed by atoms with Crippen LogP contribution >= 0.6 is 28.6 Å². The van der Waals surface area contributed by atoms with Crippen molar-refractivity contribution in [1.29, 1.82) is 0 Å². The lowest BCUT2D eigenvalue weighted by molar-refractivity contribution is 0.414. The van der Waals surface area contributed by atoms with Gasteiger partial charge in [-0.3, -0.25) is 0 Å².